The van der Waals surface area contributed by atoms with E-state index in [-0.39, 0.29) is 11.4 Å². The van der Waals surface area contributed by atoms with Gasteiger partial charge in [0, 0.05) is 6.54 Å². The summed E-state index contributed by atoms with van der Waals surface area (Å²) >= 11 is 0. The molecule has 0 saturated heterocycles. The highest BCUT2D eigenvalue weighted by Crippen LogP contribution is 2.25. The van der Waals surface area contributed by atoms with E-state index >= 15 is 0 Å². The third kappa shape index (κ3) is 4.50. The Morgan fingerprint density at radius 2 is 1.50 bits per heavy atom. The fourth-order valence-electron chi connectivity index (χ4n) is 3.06. The molecule has 0 fully saturated rings. The number of aliphatic hydroxyl groups is 1. The predicted molar refractivity (Wildman–Crippen MR) is 113 cm³/mol. The summed E-state index contributed by atoms with van der Waals surface area (Å²) in [6.07, 6.45) is 0. The molecule has 1 unspecified atom stereocenters. The van der Waals surface area contributed by atoms with Crippen LogP contribution in [0.4, 0.5) is 0 Å². The second-order valence-electron chi connectivity index (χ2n) is 7.31. The fraction of sp³-hybridized carbons (Fsp3) is 0.217. The number of rotatable bonds is 6. The molecule has 0 aromatic heterocycles. The minimum Gasteiger partial charge on any atom is -0.384 e. The van der Waals surface area contributed by atoms with Crippen molar-refractivity contribution < 1.29 is 13.5 Å². The van der Waals surface area contributed by atoms with Crippen molar-refractivity contribution >= 4 is 10.0 Å². The molecule has 0 aliphatic rings. The smallest absolute Gasteiger partial charge is 0.240 e. The van der Waals surface area contributed by atoms with Crippen molar-refractivity contribution in [3.63, 3.8) is 0 Å². The van der Waals surface area contributed by atoms with Gasteiger partial charge in [0.25, 0.3) is 0 Å². The highest BCUT2D eigenvalue weighted by Gasteiger charge is 2.27. The van der Waals surface area contributed by atoms with E-state index in [2.05, 4.69) is 4.72 Å². The number of hydrogen-bond donors (Lipinski definition) is 2. The first-order valence-electron chi connectivity index (χ1n) is 9.14. The maximum absolute atomic E-state index is 12.7. The van der Waals surface area contributed by atoms with Crippen molar-refractivity contribution in [3.8, 4) is 11.1 Å². The van der Waals surface area contributed by atoms with Gasteiger partial charge < -0.3 is 5.11 Å². The normalized spacial score (nSPS) is 13.9. The summed E-state index contributed by atoms with van der Waals surface area (Å²) in [6, 6.07) is 22.8. The van der Waals surface area contributed by atoms with Crippen LogP contribution >= 0.6 is 0 Å². The van der Waals surface area contributed by atoms with Crippen molar-refractivity contribution in [1.29, 1.82) is 0 Å². The zero-order chi connectivity index (χ0) is 20.4. The molecule has 0 spiro atoms. The Morgan fingerprint density at radius 1 is 0.893 bits per heavy atom. The van der Waals surface area contributed by atoms with Crippen LogP contribution in [0, 0.1) is 13.8 Å². The highest BCUT2D eigenvalue weighted by molar-refractivity contribution is 7.89. The molecule has 3 rings (SSSR count). The van der Waals surface area contributed by atoms with Crippen molar-refractivity contribution in [3.05, 3.63) is 89.5 Å². The molecule has 0 aliphatic carbocycles. The Labute approximate surface area is 166 Å². The lowest BCUT2D eigenvalue weighted by Gasteiger charge is -2.25. The van der Waals surface area contributed by atoms with Gasteiger partial charge in [-0.05, 0) is 54.7 Å². The maximum Gasteiger partial charge on any atom is 0.240 e. The Bertz CT molecular complexity index is 1060. The van der Waals surface area contributed by atoms with Crippen LogP contribution in [0.5, 0.6) is 0 Å². The lowest BCUT2D eigenvalue weighted by Crippen LogP contribution is -2.38. The molecule has 28 heavy (non-hydrogen) atoms. The third-order valence-electron chi connectivity index (χ3n) is 4.85. The number of aryl methyl sites for hydroxylation is 2. The van der Waals surface area contributed by atoms with Crippen LogP contribution in [-0.2, 0) is 15.6 Å². The first kappa shape index (κ1) is 20.3. The number of nitrogens with one attached hydrogen (secondary N) is 1. The second kappa shape index (κ2) is 7.87. The highest BCUT2D eigenvalue weighted by atomic mass is 32.2. The van der Waals surface area contributed by atoms with Crippen LogP contribution in [0.25, 0.3) is 11.1 Å². The Balaban J connectivity index is 1.77. The largest absolute Gasteiger partial charge is 0.384 e. The van der Waals surface area contributed by atoms with E-state index in [1.807, 2.05) is 67.6 Å². The minimum absolute atomic E-state index is 0.118. The lowest BCUT2D eigenvalue weighted by molar-refractivity contribution is 0.0627. The zero-order valence-corrected chi connectivity index (χ0v) is 17.1. The molecule has 0 radical (unpaired) electrons. The van der Waals surface area contributed by atoms with E-state index in [4.69, 9.17) is 0 Å². The summed E-state index contributed by atoms with van der Waals surface area (Å²) in [4.78, 5) is 0.239. The number of hydrogen-bond acceptors (Lipinski definition) is 3. The van der Waals surface area contributed by atoms with E-state index in [0.717, 1.165) is 16.7 Å². The van der Waals surface area contributed by atoms with Gasteiger partial charge in [-0.3, -0.25) is 0 Å². The van der Waals surface area contributed by atoms with E-state index in [9.17, 15) is 13.5 Å². The van der Waals surface area contributed by atoms with Gasteiger partial charge in [-0.2, -0.15) is 0 Å². The summed E-state index contributed by atoms with van der Waals surface area (Å²) in [5.41, 5.74) is 2.98. The van der Waals surface area contributed by atoms with Crippen molar-refractivity contribution in [2.45, 2.75) is 31.3 Å². The zero-order valence-electron chi connectivity index (χ0n) is 16.3. The molecule has 5 heteroatoms. The van der Waals surface area contributed by atoms with Crippen molar-refractivity contribution in [2.24, 2.45) is 0 Å². The fourth-order valence-corrected chi connectivity index (χ4v) is 4.52. The van der Waals surface area contributed by atoms with Gasteiger partial charge in [0.05, 0.1) is 4.90 Å². The van der Waals surface area contributed by atoms with Crippen LogP contribution in [0.3, 0.4) is 0 Å². The molecule has 0 saturated carbocycles. The third-order valence-corrected chi connectivity index (χ3v) is 6.40. The molecule has 4 nitrogen and oxygen atoms in total. The van der Waals surface area contributed by atoms with Crippen LogP contribution in [0.15, 0.2) is 77.7 Å². The van der Waals surface area contributed by atoms with Gasteiger partial charge in [-0.25, -0.2) is 13.1 Å². The average molecular weight is 396 g/mol. The Hall–Kier alpha value is -2.47. The standard InChI is InChI=1S/C23H25NO3S/c1-17-9-10-18(2)22(15-17)28(26,27)24-16-23(3,25)21-13-11-20(12-14-21)19-7-5-4-6-8-19/h4-15,24-25H,16H2,1-3H3. The van der Waals surface area contributed by atoms with E-state index < -0.39 is 15.6 Å². The molecule has 3 aromatic rings. The van der Waals surface area contributed by atoms with Gasteiger partial charge in [0.2, 0.25) is 10.0 Å². The van der Waals surface area contributed by atoms with E-state index in [1.165, 1.54) is 0 Å². The van der Waals surface area contributed by atoms with Crippen molar-refractivity contribution in [2.75, 3.05) is 6.54 Å². The monoisotopic (exact) mass is 395 g/mol. The molecule has 2 N–H and O–H groups in total. The number of sulfonamides is 1. The number of benzene rings is 3. The van der Waals surface area contributed by atoms with Crippen LogP contribution < -0.4 is 4.72 Å². The quantitative estimate of drug-likeness (QED) is 0.659. The summed E-state index contributed by atoms with van der Waals surface area (Å²) in [7, 11) is -3.72. The van der Waals surface area contributed by atoms with Gasteiger partial charge >= 0.3 is 0 Å². The average Bonchev–Trinajstić information content (AvgIpc) is 2.69. The molecular weight excluding hydrogens is 370 g/mol. The molecule has 146 valence electrons. The first-order valence-corrected chi connectivity index (χ1v) is 10.6. The van der Waals surface area contributed by atoms with Crippen LogP contribution in [0.2, 0.25) is 0 Å². The Morgan fingerprint density at radius 3 is 2.14 bits per heavy atom. The molecule has 0 aliphatic heterocycles. The topological polar surface area (TPSA) is 66.4 Å². The lowest BCUT2D eigenvalue weighted by atomic mass is 9.94. The van der Waals surface area contributed by atoms with Crippen molar-refractivity contribution in [1.82, 2.24) is 4.72 Å². The summed E-state index contributed by atoms with van der Waals surface area (Å²) in [5.74, 6) is 0. The predicted octanol–water partition coefficient (Wildman–Crippen LogP) is 4.16. The summed E-state index contributed by atoms with van der Waals surface area (Å²) in [5, 5.41) is 10.9. The summed E-state index contributed by atoms with van der Waals surface area (Å²) in [6.45, 7) is 5.10. The van der Waals surface area contributed by atoms with Crippen LogP contribution in [0.1, 0.15) is 23.6 Å². The van der Waals surface area contributed by atoms with E-state index in [1.54, 1.807) is 26.0 Å². The molecule has 3 aromatic carbocycles. The van der Waals surface area contributed by atoms with Gasteiger partial charge in [0.1, 0.15) is 5.60 Å². The molecule has 1 atom stereocenters. The molecule has 0 amide bonds. The molecule has 0 bridgehead atoms. The summed E-state index contributed by atoms with van der Waals surface area (Å²) < 4.78 is 28.0. The second-order valence-corrected chi connectivity index (χ2v) is 9.05. The molecular formula is C23H25NO3S. The maximum atomic E-state index is 12.7. The van der Waals surface area contributed by atoms with E-state index in [0.29, 0.717) is 11.1 Å². The molecule has 0 heterocycles. The minimum atomic E-state index is -3.72. The van der Waals surface area contributed by atoms with Crippen LogP contribution in [-0.4, -0.2) is 20.1 Å². The SMILES string of the molecule is Cc1ccc(C)c(S(=O)(=O)NCC(C)(O)c2ccc(-c3ccccc3)cc2)c1. The van der Waals surface area contributed by atoms with Gasteiger partial charge in [-0.1, -0.05) is 66.7 Å². The van der Waals surface area contributed by atoms with Gasteiger partial charge in [-0.15, -0.1) is 0 Å². The van der Waals surface area contributed by atoms with Gasteiger partial charge in [0.15, 0.2) is 0 Å². The first-order chi connectivity index (χ1) is 13.2. The Kier molecular flexibility index (Phi) is 5.70.